The fourth-order valence-corrected chi connectivity index (χ4v) is 2.54. The molecule has 1 unspecified atom stereocenters. The van der Waals surface area contributed by atoms with Gasteiger partial charge in [0.2, 0.25) is 5.91 Å². The highest BCUT2D eigenvalue weighted by molar-refractivity contribution is 5.91. The standard InChI is InChI=1S/C17H24N2O2/c1-3-19(13-15-5-4-12-18-15)17(20)11-8-14-6-9-16(21-2)10-7-14/h6-11,15,18H,3-5,12-13H2,1-2H3/b11-8+. The molecule has 1 N–H and O–H groups in total. The fourth-order valence-electron chi connectivity index (χ4n) is 2.54. The van der Waals surface area contributed by atoms with Gasteiger partial charge < -0.3 is 15.0 Å². The first kappa shape index (κ1) is 15.6. The predicted octanol–water partition coefficient (Wildman–Crippen LogP) is 2.31. The number of hydrogen-bond donors (Lipinski definition) is 1. The number of carbonyl (C=O) groups is 1. The van der Waals surface area contributed by atoms with Crippen LogP contribution < -0.4 is 10.1 Å². The molecular weight excluding hydrogens is 264 g/mol. The minimum atomic E-state index is 0.0713. The second-order valence-electron chi connectivity index (χ2n) is 5.28. The largest absolute Gasteiger partial charge is 0.497 e. The van der Waals surface area contributed by atoms with Crippen molar-refractivity contribution in [2.45, 2.75) is 25.8 Å². The van der Waals surface area contributed by atoms with Gasteiger partial charge in [0.15, 0.2) is 0 Å². The molecule has 1 aliphatic heterocycles. The molecule has 1 aromatic rings. The predicted molar refractivity (Wildman–Crippen MR) is 85.3 cm³/mol. The molecule has 1 fully saturated rings. The van der Waals surface area contributed by atoms with Crippen molar-refractivity contribution in [1.82, 2.24) is 10.2 Å². The number of hydrogen-bond acceptors (Lipinski definition) is 3. The fraction of sp³-hybridized carbons (Fsp3) is 0.471. The monoisotopic (exact) mass is 288 g/mol. The number of benzene rings is 1. The van der Waals surface area contributed by atoms with E-state index in [1.54, 1.807) is 13.2 Å². The summed E-state index contributed by atoms with van der Waals surface area (Å²) in [6.07, 6.45) is 5.87. The van der Waals surface area contributed by atoms with Crippen molar-refractivity contribution in [2.75, 3.05) is 26.7 Å². The second kappa shape index (κ2) is 7.84. The Balaban J connectivity index is 1.92. The molecule has 1 saturated heterocycles. The molecule has 0 spiro atoms. The molecule has 1 atom stereocenters. The van der Waals surface area contributed by atoms with E-state index in [0.717, 1.165) is 37.4 Å². The highest BCUT2D eigenvalue weighted by Gasteiger charge is 2.18. The van der Waals surface area contributed by atoms with Gasteiger partial charge in [-0.05, 0) is 50.1 Å². The van der Waals surface area contributed by atoms with Crippen LogP contribution in [0, 0.1) is 0 Å². The Morgan fingerprint density at radius 3 is 2.76 bits per heavy atom. The van der Waals surface area contributed by atoms with Crippen LogP contribution in [-0.2, 0) is 4.79 Å². The Morgan fingerprint density at radius 2 is 2.19 bits per heavy atom. The summed E-state index contributed by atoms with van der Waals surface area (Å²) in [6.45, 7) is 4.62. The van der Waals surface area contributed by atoms with Gasteiger partial charge in [-0.3, -0.25) is 4.79 Å². The van der Waals surface area contributed by atoms with E-state index in [2.05, 4.69) is 5.32 Å². The normalized spacial score (nSPS) is 18.1. The third kappa shape index (κ3) is 4.60. The molecule has 1 aromatic carbocycles. The first-order chi connectivity index (χ1) is 10.2. The average Bonchev–Trinajstić information content (AvgIpc) is 3.03. The summed E-state index contributed by atoms with van der Waals surface area (Å²) in [5.41, 5.74) is 0.999. The molecule has 0 radical (unpaired) electrons. The number of rotatable bonds is 6. The van der Waals surface area contributed by atoms with E-state index in [1.807, 2.05) is 42.2 Å². The van der Waals surface area contributed by atoms with Crippen molar-refractivity contribution in [2.24, 2.45) is 0 Å². The summed E-state index contributed by atoms with van der Waals surface area (Å²) in [5, 5.41) is 3.43. The first-order valence-electron chi connectivity index (χ1n) is 7.57. The summed E-state index contributed by atoms with van der Waals surface area (Å²) >= 11 is 0. The maximum absolute atomic E-state index is 12.2. The van der Waals surface area contributed by atoms with Gasteiger partial charge in [-0.25, -0.2) is 0 Å². The molecule has 21 heavy (non-hydrogen) atoms. The Bertz CT molecular complexity index is 476. The van der Waals surface area contributed by atoms with Crippen LogP contribution in [0.3, 0.4) is 0 Å². The van der Waals surface area contributed by atoms with Gasteiger partial charge >= 0.3 is 0 Å². The van der Waals surface area contributed by atoms with Gasteiger partial charge in [-0.2, -0.15) is 0 Å². The summed E-state index contributed by atoms with van der Waals surface area (Å²) in [6, 6.07) is 8.12. The molecule has 1 amide bonds. The van der Waals surface area contributed by atoms with Crippen LogP contribution in [0.15, 0.2) is 30.3 Å². The highest BCUT2D eigenvalue weighted by Crippen LogP contribution is 2.13. The Morgan fingerprint density at radius 1 is 1.43 bits per heavy atom. The third-order valence-corrected chi connectivity index (χ3v) is 3.83. The average molecular weight is 288 g/mol. The van der Waals surface area contributed by atoms with Crippen LogP contribution in [0.4, 0.5) is 0 Å². The molecule has 4 nitrogen and oxygen atoms in total. The number of amides is 1. The van der Waals surface area contributed by atoms with Crippen LogP contribution in [0.25, 0.3) is 6.08 Å². The van der Waals surface area contributed by atoms with Gasteiger partial charge in [-0.1, -0.05) is 12.1 Å². The van der Waals surface area contributed by atoms with Gasteiger partial charge in [0.25, 0.3) is 0 Å². The van der Waals surface area contributed by atoms with Crippen LogP contribution in [-0.4, -0.2) is 43.6 Å². The lowest BCUT2D eigenvalue weighted by Crippen LogP contribution is -2.40. The zero-order valence-electron chi connectivity index (χ0n) is 12.8. The first-order valence-corrected chi connectivity index (χ1v) is 7.57. The van der Waals surface area contributed by atoms with Crippen LogP contribution in [0.2, 0.25) is 0 Å². The Labute approximate surface area is 126 Å². The van der Waals surface area contributed by atoms with Gasteiger partial charge in [-0.15, -0.1) is 0 Å². The molecule has 2 rings (SSSR count). The highest BCUT2D eigenvalue weighted by atomic mass is 16.5. The van der Waals surface area contributed by atoms with E-state index in [1.165, 1.54) is 6.42 Å². The van der Waals surface area contributed by atoms with E-state index in [-0.39, 0.29) is 5.91 Å². The van der Waals surface area contributed by atoms with E-state index >= 15 is 0 Å². The summed E-state index contributed by atoms with van der Waals surface area (Å²) < 4.78 is 5.12. The Kier molecular flexibility index (Phi) is 5.81. The molecule has 1 aliphatic rings. The summed E-state index contributed by atoms with van der Waals surface area (Å²) in [7, 11) is 1.64. The van der Waals surface area contributed by atoms with E-state index in [4.69, 9.17) is 4.74 Å². The van der Waals surface area contributed by atoms with Crippen molar-refractivity contribution >= 4 is 12.0 Å². The molecule has 0 aliphatic carbocycles. The molecular formula is C17H24N2O2. The van der Waals surface area contributed by atoms with Crippen LogP contribution >= 0.6 is 0 Å². The quantitative estimate of drug-likeness (QED) is 0.817. The number of likely N-dealkylation sites (N-methyl/N-ethyl adjacent to an activating group) is 1. The minimum absolute atomic E-state index is 0.0713. The maximum atomic E-state index is 12.2. The van der Waals surface area contributed by atoms with Crippen LogP contribution in [0.5, 0.6) is 5.75 Å². The summed E-state index contributed by atoms with van der Waals surface area (Å²) in [5.74, 6) is 0.892. The van der Waals surface area contributed by atoms with Crippen molar-refractivity contribution in [3.63, 3.8) is 0 Å². The number of methoxy groups -OCH3 is 1. The lowest BCUT2D eigenvalue weighted by molar-refractivity contribution is -0.126. The molecule has 1 heterocycles. The lowest BCUT2D eigenvalue weighted by Gasteiger charge is -2.23. The number of nitrogens with one attached hydrogen (secondary N) is 1. The maximum Gasteiger partial charge on any atom is 0.246 e. The van der Waals surface area contributed by atoms with Crippen molar-refractivity contribution in [3.8, 4) is 5.75 Å². The van der Waals surface area contributed by atoms with E-state index < -0.39 is 0 Å². The van der Waals surface area contributed by atoms with E-state index in [9.17, 15) is 4.79 Å². The van der Waals surface area contributed by atoms with E-state index in [0.29, 0.717) is 6.04 Å². The molecule has 4 heteroatoms. The molecule has 114 valence electrons. The van der Waals surface area contributed by atoms with Gasteiger partial charge in [0.05, 0.1) is 7.11 Å². The zero-order valence-corrected chi connectivity index (χ0v) is 12.8. The van der Waals surface area contributed by atoms with Gasteiger partial charge in [0, 0.05) is 25.2 Å². The van der Waals surface area contributed by atoms with Crippen LogP contribution in [0.1, 0.15) is 25.3 Å². The molecule has 0 saturated carbocycles. The second-order valence-corrected chi connectivity index (χ2v) is 5.28. The number of nitrogens with zero attached hydrogens (tertiary/aromatic N) is 1. The van der Waals surface area contributed by atoms with Crippen molar-refractivity contribution in [1.29, 1.82) is 0 Å². The van der Waals surface area contributed by atoms with Gasteiger partial charge in [0.1, 0.15) is 5.75 Å². The number of carbonyl (C=O) groups excluding carboxylic acids is 1. The third-order valence-electron chi connectivity index (χ3n) is 3.83. The SMILES string of the molecule is CCN(CC1CCCN1)C(=O)/C=C/c1ccc(OC)cc1. The van der Waals surface area contributed by atoms with Crippen molar-refractivity contribution in [3.05, 3.63) is 35.9 Å². The Hall–Kier alpha value is -1.81. The molecule has 0 aromatic heterocycles. The topological polar surface area (TPSA) is 41.6 Å². The smallest absolute Gasteiger partial charge is 0.246 e. The molecule has 0 bridgehead atoms. The summed E-state index contributed by atoms with van der Waals surface area (Å²) in [4.78, 5) is 14.1. The number of ether oxygens (including phenoxy) is 1. The lowest BCUT2D eigenvalue weighted by atomic mass is 10.2. The minimum Gasteiger partial charge on any atom is -0.497 e. The van der Waals surface area contributed by atoms with Crippen molar-refractivity contribution < 1.29 is 9.53 Å². The zero-order chi connectivity index (χ0) is 15.1.